The molecule has 0 aliphatic carbocycles. The number of ether oxygens (including phenoxy) is 4. The van der Waals surface area contributed by atoms with Crippen LogP contribution in [0.1, 0.15) is 20.8 Å². The van der Waals surface area contributed by atoms with Gasteiger partial charge >= 0.3 is 17.9 Å². The van der Waals surface area contributed by atoms with Crippen LogP contribution >= 0.6 is 15.9 Å². The summed E-state index contributed by atoms with van der Waals surface area (Å²) in [5.74, 6) is -1.86. The van der Waals surface area contributed by atoms with Gasteiger partial charge in [0.05, 0.1) is 0 Å². The second-order valence-electron chi connectivity index (χ2n) is 4.67. The lowest BCUT2D eigenvalue weighted by Gasteiger charge is -2.41. The summed E-state index contributed by atoms with van der Waals surface area (Å²) in [7, 11) is 0. The first-order chi connectivity index (χ1) is 10.8. The van der Waals surface area contributed by atoms with Gasteiger partial charge in [0.1, 0.15) is 23.8 Å². The molecule has 0 N–H and O–H groups in total. The predicted octanol–water partition coefficient (Wildman–Crippen LogP) is 1.21. The highest BCUT2D eigenvalue weighted by Crippen LogP contribution is 2.31. The lowest BCUT2D eigenvalue weighted by atomic mass is 9.98. The molecular weight excluding hydrogens is 378 g/mol. The van der Waals surface area contributed by atoms with Gasteiger partial charge in [0.15, 0.2) is 12.2 Å². The molecular formula is C12H16BrN3O7. The Morgan fingerprint density at radius 3 is 2.17 bits per heavy atom. The second kappa shape index (κ2) is 8.70. The molecule has 1 fully saturated rings. The Balaban J connectivity index is 3.11. The van der Waals surface area contributed by atoms with Crippen molar-refractivity contribution in [3.8, 4) is 0 Å². The minimum Gasteiger partial charge on any atom is -0.463 e. The highest BCUT2D eigenvalue weighted by atomic mass is 79.9. The van der Waals surface area contributed by atoms with E-state index in [1.807, 2.05) is 0 Å². The summed E-state index contributed by atoms with van der Waals surface area (Å²) in [6.45, 7) is 3.31. The van der Waals surface area contributed by atoms with Gasteiger partial charge in [-0.3, -0.25) is 14.4 Å². The molecule has 1 rings (SSSR count). The van der Waals surface area contributed by atoms with Crippen molar-refractivity contribution >= 4 is 33.8 Å². The molecule has 0 unspecified atom stereocenters. The molecule has 0 amide bonds. The zero-order valence-electron chi connectivity index (χ0n) is 12.7. The third kappa shape index (κ3) is 5.70. The Hall–Kier alpha value is -1.84. The maximum absolute atomic E-state index is 11.3. The highest BCUT2D eigenvalue weighted by Gasteiger charge is 2.49. The number of carbonyl (C=O) groups is 3. The molecule has 0 spiro atoms. The van der Waals surface area contributed by atoms with Gasteiger partial charge in [-0.2, -0.15) is 0 Å². The number of esters is 3. The van der Waals surface area contributed by atoms with Gasteiger partial charge in [-0.1, -0.05) is 21.0 Å². The van der Waals surface area contributed by atoms with E-state index in [4.69, 9.17) is 24.5 Å². The number of nitrogens with zero attached hydrogens (tertiary/aromatic N) is 3. The van der Waals surface area contributed by atoms with Crippen molar-refractivity contribution in [2.24, 2.45) is 5.11 Å². The largest absolute Gasteiger partial charge is 0.463 e. The van der Waals surface area contributed by atoms with Crippen molar-refractivity contribution < 1.29 is 33.3 Å². The summed E-state index contributed by atoms with van der Waals surface area (Å²) in [5.41, 5.74) is 8.66. The molecule has 0 saturated carbocycles. The van der Waals surface area contributed by atoms with Crippen LogP contribution in [0, 0.1) is 0 Å². The van der Waals surface area contributed by atoms with E-state index in [0.29, 0.717) is 0 Å². The van der Waals surface area contributed by atoms with Gasteiger partial charge in [0, 0.05) is 25.7 Å². The van der Waals surface area contributed by atoms with Crippen LogP contribution in [0.5, 0.6) is 0 Å². The Kier molecular flexibility index (Phi) is 7.27. The molecule has 5 atom stereocenters. The van der Waals surface area contributed by atoms with Gasteiger partial charge < -0.3 is 18.9 Å². The summed E-state index contributed by atoms with van der Waals surface area (Å²) in [6.07, 6.45) is -3.09. The zero-order chi connectivity index (χ0) is 17.6. The summed E-state index contributed by atoms with van der Waals surface area (Å²) < 4.78 is 20.7. The first kappa shape index (κ1) is 19.2. The van der Waals surface area contributed by atoms with Crippen LogP contribution in [0.3, 0.4) is 0 Å². The second-order valence-corrected chi connectivity index (χ2v) is 5.57. The molecule has 11 heteroatoms. The van der Waals surface area contributed by atoms with E-state index in [1.54, 1.807) is 0 Å². The molecule has 0 aromatic carbocycles. The van der Waals surface area contributed by atoms with E-state index < -0.39 is 47.3 Å². The first-order valence-corrected chi connectivity index (χ1v) is 7.49. The third-order valence-electron chi connectivity index (χ3n) is 2.84. The van der Waals surface area contributed by atoms with Crippen molar-refractivity contribution in [2.45, 2.75) is 50.1 Å². The topological polar surface area (TPSA) is 137 Å². The average molecular weight is 394 g/mol. The number of carbonyl (C=O) groups excluding carboxylic acids is 3. The number of alkyl halides is 1. The number of halogens is 1. The maximum atomic E-state index is 11.3. The normalized spacial score (nSPS) is 29.8. The van der Waals surface area contributed by atoms with Crippen LogP contribution in [-0.2, 0) is 33.3 Å². The Morgan fingerprint density at radius 1 is 1.13 bits per heavy atom. The number of rotatable bonds is 5. The number of hydrogen-bond donors (Lipinski definition) is 0. The molecule has 0 aromatic rings. The van der Waals surface area contributed by atoms with Crippen molar-refractivity contribution in [1.29, 1.82) is 0 Å². The summed E-state index contributed by atoms with van der Waals surface area (Å²) in [4.78, 5) is 36.3. The smallest absolute Gasteiger partial charge is 0.303 e. The maximum Gasteiger partial charge on any atom is 0.303 e. The molecule has 1 aliphatic heterocycles. The van der Waals surface area contributed by atoms with Gasteiger partial charge in [-0.15, -0.1) is 0 Å². The minimum absolute atomic E-state index is 0.226. The van der Waals surface area contributed by atoms with Crippen molar-refractivity contribution in [1.82, 2.24) is 0 Å². The fourth-order valence-electron chi connectivity index (χ4n) is 2.05. The third-order valence-corrected chi connectivity index (χ3v) is 3.60. The molecule has 0 radical (unpaired) electrons. The van der Waals surface area contributed by atoms with Gasteiger partial charge in [0.25, 0.3) is 0 Å². The van der Waals surface area contributed by atoms with Crippen molar-refractivity contribution in [3.63, 3.8) is 0 Å². The molecule has 1 aliphatic rings. The van der Waals surface area contributed by atoms with E-state index in [0.717, 1.165) is 13.8 Å². The Labute approximate surface area is 140 Å². The molecule has 23 heavy (non-hydrogen) atoms. The summed E-state index contributed by atoms with van der Waals surface area (Å²) >= 11 is 3.17. The van der Waals surface area contributed by atoms with E-state index in [1.165, 1.54) is 6.92 Å². The Bertz CT molecular complexity index is 523. The highest BCUT2D eigenvalue weighted by molar-refractivity contribution is 9.09. The monoisotopic (exact) mass is 393 g/mol. The molecule has 1 heterocycles. The quantitative estimate of drug-likeness (QED) is 0.171. The van der Waals surface area contributed by atoms with Crippen molar-refractivity contribution in [3.05, 3.63) is 10.4 Å². The lowest BCUT2D eigenvalue weighted by Crippen LogP contribution is -2.59. The molecule has 0 aromatic heterocycles. The van der Waals surface area contributed by atoms with E-state index in [-0.39, 0.29) is 6.61 Å². The van der Waals surface area contributed by atoms with E-state index >= 15 is 0 Å². The summed E-state index contributed by atoms with van der Waals surface area (Å²) in [6, 6.07) is -0.971. The number of azide groups is 1. The molecule has 10 nitrogen and oxygen atoms in total. The van der Waals surface area contributed by atoms with Crippen LogP contribution in [0.2, 0.25) is 0 Å². The molecule has 128 valence electrons. The molecule has 0 bridgehead atoms. The molecule has 1 saturated heterocycles. The first-order valence-electron chi connectivity index (χ1n) is 6.57. The lowest BCUT2D eigenvalue weighted by molar-refractivity contribution is -0.208. The zero-order valence-corrected chi connectivity index (χ0v) is 14.3. The average Bonchev–Trinajstić information content (AvgIpc) is 2.42. The van der Waals surface area contributed by atoms with Gasteiger partial charge in [0.2, 0.25) is 0 Å². The van der Waals surface area contributed by atoms with Crippen LogP contribution in [-0.4, -0.2) is 53.9 Å². The fourth-order valence-corrected chi connectivity index (χ4v) is 2.74. The van der Waals surface area contributed by atoms with Crippen LogP contribution in [0.15, 0.2) is 5.11 Å². The van der Waals surface area contributed by atoms with Crippen LogP contribution in [0.25, 0.3) is 10.4 Å². The van der Waals surface area contributed by atoms with Crippen molar-refractivity contribution in [2.75, 3.05) is 6.61 Å². The Morgan fingerprint density at radius 2 is 1.70 bits per heavy atom. The van der Waals surface area contributed by atoms with Crippen LogP contribution in [0.4, 0.5) is 0 Å². The predicted molar refractivity (Wildman–Crippen MR) is 78.3 cm³/mol. The fraction of sp³-hybridized carbons (Fsp3) is 0.750. The minimum atomic E-state index is -1.10. The van der Waals surface area contributed by atoms with Gasteiger partial charge in [-0.25, -0.2) is 0 Å². The van der Waals surface area contributed by atoms with Gasteiger partial charge in [-0.05, 0) is 5.53 Å². The SMILES string of the molecule is CC(=O)OC[C@H]1O[C@@H](Br)[C@H](N=[N+]=[N-])[C@@H](OC(C)=O)[C@@H]1OC(C)=O. The number of hydrogen-bond acceptors (Lipinski definition) is 8. The van der Waals surface area contributed by atoms with E-state index in [9.17, 15) is 14.4 Å². The van der Waals surface area contributed by atoms with E-state index in [2.05, 4.69) is 26.0 Å². The summed E-state index contributed by atoms with van der Waals surface area (Å²) in [5, 5.41) is 2.69. The van der Waals surface area contributed by atoms with Crippen LogP contribution < -0.4 is 0 Å². The standard InChI is InChI=1S/C12H16BrN3O7/c1-5(17)20-4-8-10(21-6(2)18)11(22-7(3)19)9(15-16-14)12(13)23-8/h8-12H,4H2,1-3H3/t8-,9-,10-,11-,12-/m1/s1.